The van der Waals surface area contributed by atoms with Crippen LogP contribution in [0.15, 0.2) is 28.7 Å². The molecule has 1 aromatic heterocycles. The van der Waals surface area contributed by atoms with Crippen molar-refractivity contribution in [2.45, 2.75) is 44.6 Å². The van der Waals surface area contributed by atoms with Crippen molar-refractivity contribution in [3.8, 4) is 0 Å². The van der Waals surface area contributed by atoms with Gasteiger partial charge in [0.25, 0.3) is 5.91 Å². The number of nitrogens with one attached hydrogen (secondary N) is 1. The van der Waals surface area contributed by atoms with Gasteiger partial charge in [-0.05, 0) is 39.9 Å². The van der Waals surface area contributed by atoms with Gasteiger partial charge in [-0.25, -0.2) is 0 Å². The summed E-state index contributed by atoms with van der Waals surface area (Å²) in [6.45, 7) is 2.62. The number of aryl methyl sites for hydroxylation is 1. The molecule has 0 atom stereocenters. The molecule has 4 nitrogen and oxygen atoms in total. The van der Waals surface area contributed by atoms with E-state index in [-0.39, 0.29) is 23.9 Å². The molecular weight excluding hydrogens is 324 g/mol. The summed E-state index contributed by atoms with van der Waals surface area (Å²) in [7, 11) is 4.23. The number of fused-ring (bicyclic) bond motifs is 1. The van der Waals surface area contributed by atoms with Gasteiger partial charge in [-0.15, -0.1) is 12.4 Å². The van der Waals surface area contributed by atoms with Crippen LogP contribution in [0.3, 0.4) is 0 Å². The van der Waals surface area contributed by atoms with Crippen LogP contribution in [0.1, 0.15) is 48.2 Å². The molecule has 1 N–H and O–H groups in total. The first-order valence-electron chi connectivity index (χ1n) is 8.47. The lowest BCUT2D eigenvalue weighted by Gasteiger charge is -2.43. The highest BCUT2D eigenvalue weighted by molar-refractivity contribution is 5.98. The molecule has 1 amide bonds. The Morgan fingerprint density at radius 2 is 1.88 bits per heavy atom. The Balaban J connectivity index is 0.00000208. The lowest BCUT2D eigenvalue weighted by Crippen LogP contribution is -2.53. The summed E-state index contributed by atoms with van der Waals surface area (Å²) in [6, 6.07) is 7.79. The Kier molecular flexibility index (Phi) is 5.94. The van der Waals surface area contributed by atoms with Crippen LogP contribution in [0.2, 0.25) is 0 Å². The highest BCUT2D eigenvalue weighted by atomic mass is 35.5. The van der Waals surface area contributed by atoms with Crippen LogP contribution >= 0.6 is 12.4 Å². The van der Waals surface area contributed by atoms with Crippen LogP contribution in [-0.4, -0.2) is 37.0 Å². The maximum atomic E-state index is 12.6. The third-order valence-corrected chi connectivity index (χ3v) is 5.36. The van der Waals surface area contributed by atoms with Gasteiger partial charge in [-0.3, -0.25) is 4.79 Å². The molecule has 0 unspecified atom stereocenters. The second-order valence-corrected chi connectivity index (χ2v) is 6.91. The van der Waals surface area contributed by atoms with E-state index in [9.17, 15) is 4.79 Å². The van der Waals surface area contributed by atoms with Gasteiger partial charge in [0.15, 0.2) is 5.76 Å². The highest BCUT2D eigenvalue weighted by Crippen LogP contribution is 2.32. The first-order chi connectivity index (χ1) is 11.0. The number of rotatable bonds is 4. The minimum absolute atomic E-state index is 0. The van der Waals surface area contributed by atoms with E-state index in [2.05, 4.69) is 24.3 Å². The van der Waals surface area contributed by atoms with Crippen LogP contribution < -0.4 is 5.32 Å². The van der Waals surface area contributed by atoms with Crippen molar-refractivity contribution in [1.82, 2.24) is 10.2 Å². The Labute approximate surface area is 150 Å². The molecule has 3 rings (SSSR count). The molecule has 1 heterocycles. The van der Waals surface area contributed by atoms with E-state index < -0.39 is 0 Å². The van der Waals surface area contributed by atoms with E-state index in [0.29, 0.717) is 12.3 Å². The number of hydrogen-bond acceptors (Lipinski definition) is 3. The second-order valence-electron chi connectivity index (χ2n) is 6.91. The lowest BCUT2D eigenvalue weighted by atomic mass is 9.80. The number of likely N-dealkylation sites (N-methyl/N-ethyl adjacent to an activating group) is 1. The summed E-state index contributed by atoms with van der Waals surface area (Å²) in [5, 5.41) is 4.13. The molecular formula is C19H27ClN2O2. The van der Waals surface area contributed by atoms with Gasteiger partial charge >= 0.3 is 0 Å². The van der Waals surface area contributed by atoms with Crippen molar-refractivity contribution in [2.75, 3.05) is 20.6 Å². The fourth-order valence-corrected chi connectivity index (χ4v) is 3.71. The number of hydrogen-bond donors (Lipinski definition) is 1. The van der Waals surface area contributed by atoms with Crippen molar-refractivity contribution in [3.05, 3.63) is 35.6 Å². The molecule has 0 spiro atoms. The quantitative estimate of drug-likeness (QED) is 0.900. The van der Waals surface area contributed by atoms with E-state index >= 15 is 0 Å². The average molecular weight is 351 g/mol. The van der Waals surface area contributed by atoms with Gasteiger partial charge in [0.2, 0.25) is 0 Å². The number of para-hydroxylation sites is 1. The number of carbonyl (C=O) groups is 1. The lowest BCUT2D eigenvalue weighted by molar-refractivity contribution is 0.0780. The molecule has 132 valence electrons. The molecule has 5 heteroatoms. The standard InChI is InChI=1S/C19H26N2O2.ClH/c1-14-15-9-5-6-10-16(15)23-17(14)18(22)20-13-19(21(2)3)11-7-4-8-12-19;/h5-6,9-10H,4,7-8,11-13H2,1-3H3,(H,20,22);1H. The average Bonchev–Trinajstić information content (AvgIpc) is 2.91. The third kappa shape index (κ3) is 3.45. The molecule has 0 radical (unpaired) electrons. The Morgan fingerprint density at radius 1 is 1.21 bits per heavy atom. The molecule has 1 fully saturated rings. The van der Waals surface area contributed by atoms with E-state index in [1.54, 1.807) is 0 Å². The van der Waals surface area contributed by atoms with Gasteiger partial charge in [-0.1, -0.05) is 37.5 Å². The summed E-state index contributed by atoms with van der Waals surface area (Å²) in [4.78, 5) is 14.9. The van der Waals surface area contributed by atoms with E-state index in [0.717, 1.165) is 29.4 Å². The monoisotopic (exact) mass is 350 g/mol. The van der Waals surface area contributed by atoms with Crippen molar-refractivity contribution >= 4 is 29.3 Å². The van der Waals surface area contributed by atoms with Crippen molar-refractivity contribution in [3.63, 3.8) is 0 Å². The van der Waals surface area contributed by atoms with Crippen molar-refractivity contribution < 1.29 is 9.21 Å². The van der Waals surface area contributed by atoms with E-state index in [1.807, 2.05) is 31.2 Å². The predicted molar refractivity (Wildman–Crippen MR) is 100 cm³/mol. The Bertz CT molecular complexity index is 702. The van der Waals surface area contributed by atoms with E-state index in [1.165, 1.54) is 19.3 Å². The molecule has 0 saturated heterocycles. The van der Waals surface area contributed by atoms with Gasteiger partial charge in [0, 0.05) is 23.0 Å². The minimum Gasteiger partial charge on any atom is -0.451 e. The van der Waals surface area contributed by atoms with Gasteiger partial charge in [-0.2, -0.15) is 0 Å². The largest absolute Gasteiger partial charge is 0.451 e. The fraction of sp³-hybridized carbons (Fsp3) is 0.526. The molecule has 0 bridgehead atoms. The minimum atomic E-state index is -0.106. The van der Waals surface area contributed by atoms with Gasteiger partial charge in [0.05, 0.1) is 0 Å². The SMILES string of the molecule is Cc1c(C(=O)NCC2(N(C)C)CCCCC2)oc2ccccc12.Cl. The highest BCUT2D eigenvalue weighted by Gasteiger charge is 2.34. The molecule has 0 aliphatic heterocycles. The number of carbonyl (C=O) groups excluding carboxylic acids is 1. The molecule has 1 aliphatic rings. The Morgan fingerprint density at radius 3 is 2.50 bits per heavy atom. The number of benzene rings is 1. The van der Waals surface area contributed by atoms with Crippen LogP contribution in [0.25, 0.3) is 11.0 Å². The maximum Gasteiger partial charge on any atom is 0.287 e. The number of amides is 1. The van der Waals surface area contributed by atoms with Crippen LogP contribution in [0, 0.1) is 6.92 Å². The fourth-order valence-electron chi connectivity index (χ4n) is 3.71. The first kappa shape index (κ1) is 18.8. The second kappa shape index (κ2) is 7.58. The van der Waals surface area contributed by atoms with Gasteiger partial charge < -0.3 is 14.6 Å². The van der Waals surface area contributed by atoms with Crippen LogP contribution in [-0.2, 0) is 0 Å². The normalized spacial score (nSPS) is 16.8. The summed E-state index contributed by atoms with van der Waals surface area (Å²) in [5.74, 6) is 0.335. The molecule has 1 aliphatic carbocycles. The summed E-state index contributed by atoms with van der Waals surface area (Å²) >= 11 is 0. The predicted octanol–water partition coefficient (Wildman–Crippen LogP) is 4.16. The molecule has 1 saturated carbocycles. The zero-order valence-corrected chi connectivity index (χ0v) is 15.5. The Hall–Kier alpha value is -1.52. The zero-order valence-electron chi connectivity index (χ0n) is 14.7. The van der Waals surface area contributed by atoms with Crippen LogP contribution in [0.5, 0.6) is 0 Å². The van der Waals surface area contributed by atoms with E-state index in [4.69, 9.17) is 4.42 Å². The zero-order chi connectivity index (χ0) is 16.4. The topological polar surface area (TPSA) is 45.5 Å². The molecule has 24 heavy (non-hydrogen) atoms. The van der Waals surface area contributed by atoms with Gasteiger partial charge in [0.1, 0.15) is 5.58 Å². The van der Waals surface area contributed by atoms with Crippen LogP contribution in [0.4, 0.5) is 0 Å². The number of nitrogens with zero attached hydrogens (tertiary/aromatic N) is 1. The smallest absolute Gasteiger partial charge is 0.287 e. The number of furan rings is 1. The molecule has 1 aromatic carbocycles. The maximum absolute atomic E-state index is 12.6. The molecule has 2 aromatic rings. The summed E-state index contributed by atoms with van der Waals surface area (Å²) in [5.41, 5.74) is 1.77. The summed E-state index contributed by atoms with van der Waals surface area (Å²) < 4.78 is 5.77. The number of halogens is 1. The summed E-state index contributed by atoms with van der Waals surface area (Å²) in [6.07, 6.45) is 6.04. The third-order valence-electron chi connectivity index (χ3n) is 5.36. The first-order valence-corrected chi connectivity index (χ1v) is 8.47. The van der Waals surface area contributed by atoms with Crippen molar-refractivity contribution in [2.24, 2.45) is 0 Å². The van der Waals surface area contributed by atoms with Crippen molar-refractivity contribution in [1.29, 1.82) is 0 Å².